The van der Waals surface area contributed by atoms with Crippen LogP contribution in [-0.2, 0) is 4.74 Å². The van der Waals surface area contributed by atoms with Gasteiger partial charge in [-0.25, -0.2) is 9.78 Å². The molecule has 0 radical (unpaired) electrons. The van der Waals surface area contributed by atoms with Crippen molar-refractivity contribution in [1.82, 2.24) is 4.98 Å². The van der Waals surface area contributed by atoms with Gasteiger partial charge in [0.2, 0.25) is 11.6 Å². The van der Waals surface area contributed by atoms with Gasteiger partial charge in [0.1, 0.15) is 17.9 Å². The summed E-state index contributed by atoms with van der Waals surface area (Å²) in [7, 11) is 1.29. The van der Waals surface area contributed by atoms with E-state index in [0.717, 1.165) is 0 Å². The maximum atomic E-state index is 11.5. The van der Waals surface area contributed by atoms with Crippen molar-refractivity contribution in [1.29, 1.82) is 10.5 Å². The molecule has 0 atom stereocenters. The van der Waals surface area contributed by atoms with E-state index in [9.17, 15) is 4.79 Å². The zero-order valence-corrected chi connectivity index (χ0v) is 12.6. The lowest BCUT2D eigenvalue weighted by atomic mass is 10.2. The Morgan fingerprint density at radius 2 is 1.92 bits per heavy atom. The molecule has 24 heavy (non-hydrogen) atoms. The van der Waals surface area contributed by atoms with Gasteiger partial charge >= 0.3 is 5.97 Å². The molecule has 1 heterocycles. The van der Waals surface area contributed by atoms with Gasteiger partial charge in [-0.2, -0.15) is 15.6 Å². The van der Waals surface area contributed by atoms with Crippen molar-refractivity contribution >= 4 is 17.4 Å². The monoisotopic (exact) mass is 321 g/mol. The Hall–Kier alpha value is -3.91. The highest BCUT2D eigenvalue weighted by Gasteiger charge is 2.07. The first kappa shape index (κ1) is 16.5. The number of nitrogens with zero attached hydrogens (tertiary/aromatic N) is 4. The van der Waals surface area contributed by atoms with E-state index >= 15 is 0 Å². The molecule has 118 valence electrons. The molecule has 0 bridgehead atoms. The number of nitriles is 2. The minimum Gasteiger partial charge on any atom is -0.465 e. The molecule has 0 saturated heterocycles. The van der Waals surface area contributed by atoms with Gasteiger partial charge in [-0.1, -0.05) is 0 Å². The van der Waals surface area contributed by atoms with Crippen LogP contribution in [0.15, 0.2) is 47.7 Å². The number of carbonyl (C=O) groups excluding carboxylic acids is 1. The fourth-order valence-corrected chi connectivity index (χ4v) is 1.62. The largest absolute Gasteiger partial charge is 0.465 e. The SMILES string of the molecule is COC(=O)c1ccnc(Oc2ccc(NN=C(C#N)C#N)cc2)c1. The number of anilines is 1. The Labute approximate surface area is 137 Å². The van der Waals surface area contributed by atoms with Crippen molar-refractivity contribution < 1.29 is 14.3 Å². The van der Waals surface area contributed by atoms with Gasteiger partial charge < -0.3 is 9.47 Å². The smallest absolute Gasteiger partial charge is 0.338 e. The summed E-state index contributed by atoms with van der Waals surface area (Å²) < 4.78 is 10.2. The minimum absolute atomic E-state index is 0.243. The fraction of sp³-hybridized carbons (Fsp3) is 0.0625. The van der Waals surface area contributed by atoms with Crippen molar-refractivity contribution in [3.8, 4) is 23.8 Å². The molecule has 1 aromatic heterocycles. The quantitative estimate of drug-likeness (QED) is 0.510. The van der Waals surface area contributed by atoms with Gasteiger partial charge in [0.05, 0.1) is 18.4 Å². The van der Waals surface area contributed by atoms with Crippen molar-refractivity contribution in [2.75, 3.05) is 12.5 Å². The number of esters is 1. The maximum Gasteiger partial charge on any atom is 0.338 e. The Bertz CT molecular complexity index is 831. The second-order valence-corrected chi connectivity index (χ2v) is 4.30. The van der Waals surface area contributed by atoms with Crippen LogP contribution in [0.3, 0.4) is 0 Å². The Morgan fingerprint density at radius 1 is 1.21 bits per heavy atom. The van der Waals surface area contributed by atoms with Gasteiger partial charge in [0, 0.05) is 12.3 Å². The predicted molar refractivity (Wildman–Crippen MR) is 84.4 cm³/mol. The highest BCUT2D eigenvalue weighted by molar-refractivity contribution is 6.10. The summed E-state index contributed by atoms with van der Waals surface area (Å²) >= 11 is 0. The van der Waals surface area contributed by atoms with Crippen LogP contribution in [0.2, 0.25) is 0 Å². The topological polar surface area (TPSA) is 120 Å². The summed E-state index contributed by atoms with van der Waals surface area (Å²) in [5, 5.41) is 20.8. The van der Waals surface area contributed by atoms with Crippen LogP contribution >= 0.6 is 0 Å². The van der Waals surface area contributed by atoms with Crippen molar-refractivity contribution in [3.63, 3.8) is 0 Å². The lowest BCUT2D eigenvalue weighted by molar-refractivity contribution is 0.0600. The molecule has 0 saturated carbocycles. The third kappa shape index (κ3) is 4.29. The lowest BCUT2D eigenvalue weighted by Crippen LogP contribution is -2.01. The predicted octanol–water partition coefficient (Wildman–Crippen LogP) is 2.48. The number of hydrazone groups is 1. The van der Waals surface area contributed by atoms with E-state index < -0.39 is 5.97 Å². The minimum atomic E-state index is -0.481. The molecular weight excluding hydrogens is 310 g/mol. The lowest BCUT2D eigenvalue weighted by Gasteiger charge is -2.07. The van der Waals surface area contributed by atoms with Crippen LogP contribution < -0.4 is 10.2 Å². The van der Waals surface area contributed by atoms with Gasteiger partial charge in [-0.3, -0.25) is 5.43 Å². The molecule has 2 rings (SSSR count). The number of aromatic nitrogens is 1. The van der Waals surface area contributed by atoms with Crippen LogP contribution in [0.5, 0.6) is 11.6 Å². The van der Waals surface area contributed by atoms with Crippen molar-refractivity contribution in [2.45, 2.75) is 0 Å². The first-order chi connectivity index (χ1) is 11.7. The summed E-state index contributed by atoms with van der Waals surface area (Å²) in [5.41, 5.74) is 3.20. The first-order valence-corrected chi connectivity index (χ1v) is 6.62. The van der Waals surface area contributed by atoms with Gasteiger partial charge in [-0.05, 0) is 30.3 Å². The van der Waals surface area contributed by atoms with E-state index in [1.165, 1.54) is 25.4 Å². The second kappa shape index (κ2) is 7.92. The van der Waals surface area contributed by atoms with Gasteiger partial charge in [-0.15, -0.1) is 0 Å². The molecule has 2 aromatic rings. The van der Waals surface area contributed by atoms with Crippen LogP contribution in [-0.4, -0.2) is 23.8 Å². The molecular formula is C16H11N5O3. The van der Waals surface area contributed by atoms with Crippen LogP contribution in [0.25, 0.3) is 0 Å². The van der Waals surface area contributed by atoms with Crippen molar-refractivity contribution in [3.05, 3.63) is 48.2 Å². The number of carbonyl (C=O) groups is 1. The number of rotatable bonds is 5. The molecule has 8 nitrogen and oxygen atoms in total. The molecule has 0 unspecified atom stereocenters. The van der Waals surface area contributed by atoms with Crippen molar-refractivity contribution in [2.24, 2.45) is 5.10 Å². The number of benzene rings is 1. The highest BCUT2D eigenvalue weighted by Crippen LogP contribution is 2.22. The summed E-state index contributed by atoms with van der Waals surface area (Å²) in [6, 6.07) is 12.8. The number of methoxy groups -OCH3 is 1. The van der Waals surface area contributed by atoms with Gasteiger partial charge in [0.15, 0.2) is 0 Å². The van der Waals surface area contributed by atoms with E-state index in [1.807, 2.05) is 0 Å². The van der Waals surface area contributed by atoms with E-state index in [4.69, 9.17) is 15.3 Å². The summed E-state index contributed by atoms with van der Waals surface area (Å²) in [6.07, 6.45) is 1.44. The number of hydrogen-bond acceptors (Lipinski definition) is 8. The normalized spacial score (nSPS) is 9.12. The molecule has 0 aliphatic carbocycles. The zero-order chi connectivity index (χ0) is 17.4. The molecule has 0 spiro atoms. The second-order valence-electron chi connectivity index (χ2n) is 4.30. The Morgan fingerprint density at radius 3 is 2.54 bits per heavy atom. The average molecular weight is 321 g/mol. The molecule has 0 aliphatic rings. The molecule has 1 aromatic carbocycles. The Kier molecular flexibility index (Phi) is 5.43. The van der Waals surface area contributed by atoms with Gasteiger partial charge in [0.25, 0.3) is 0 Å². The molecule has 0 aliphatic heterocycles. The van der Waals surface area contributed by atoms with Crippen LogP contribution in [0, 0.1) is 22.7 Å². The first-order valence-electron chi connectivity index (χ1n) is 6.62. The standard InChI is InChI=1S/C16H11N5O3/c1-23-16(22)11-6-7-19-15(8-11)24-14-4-2-12(3-5-14)20-21-13(9-17)10-18/h2-8,20H,1H3. The summed E-state index contributed by atoms with van der Waals surface area (Å²) in [6.45, 7) is 0. The van der Waals surface area contributed by atoms with Crippen LogP contribution in [0.1, 0.15) is 10.4 Å². The van der Waals surface area contributed by atoms with E-state index in [-0.39, 0.29) is 11.6 Å². The Balaban J connectivity index is 2.07. The number of pyridine rings is 1. The summed E-state index contributed by atoms with van der Waals surface area (Å²) in [4.78, 5) is 15.5. The molecule has 1 N–H and O–H groups in total. The third-order valence-electron chi connectivity index (χ3n) is 2.74. The number of nitrogens with one attached hydrogen (secondary N) is 1. The summed E-state index contributed by atoms with van der Waals surface area (Å²) in [5.74, 6) is 0.248. The average Bonchev–Trinajstić information content (AvgIpc) is 2.63. The van der Waals surface area contributed by atoms with E-state index in [2.05, 4.69) is 20.2 Å². The van der Waals surface area contributed by atoms with E-state index in [1.54, 1.807) is 36.4 Å². The number of ether oxygens (including phenoxy) is 2. The molecule has 0 amide bonds. The zero-order valence-electron chi connectivity index (χ0n) is 12.6. The highest BCUT2D eigenvalue weighted by atomic mass is 16.5. The number of hydrogen-bond donors (Lipinski definition) is 1. The van der Waals surface area contributed by atoms with E-state index in [0.29, 0.717) is 17.0 Å². The molecule has 0 fully saturated rings. The molecule has 8 heteroatoms. The third-order valence-corrected chi connectivity index (χ3v) is 2.74. The maximum absolute atomic E-state index is 11.5. The fourth-order valence-electron chi connectivity index (χ4n) is 1.62. The van der Waals surface area contributed by atoms with Crippen LogP contribution in [0.4, 0.5) is 5.69 Å².